The van der Waals surface area contributed by atoms with Gasteiger partial charge in [-0.05, 0) is 26.3 Å². The predicted octanol–water partition coefficient (Wildman–Crippen LogP) is 1.32. The van der Waals surface area contributed by atoms with Gasteiger partial charge in [0, 0.05) is 18.8 Å². The van der Waals surface area contributed by atoms with Crippen LogP contribution in [0.5, 0.6) is 0 Å². The van der Waals surface area contributed by atoms with E-state index in [1.807, 2.05) is 20.0 Å². The first-order valence-electron chi connectivity index (χ1n) is 5.14. The van der Waals surface area contributed by atoms with Crippen LogP contribution in [-0.4, -0.2) is 21.1 Å². The molecule has 2 aromatic heterocycles. The van der Waals surface area contributed by atoms with Gasteiger partial charge in [0.25, 0.3) is 0 Å². The van der Waals surface area contributed by atoms with Crippen molar-refractivity contribution in [3.63, 3.8) is 0 Å². The van der Waals surface area contributed by atoms with Gasteiger partial charge in [-0.2, -0.15) is 0 Å². The third-order valence-electron chi connectivity index (χ3n) is 2.82. The van der Waals surface area contributed by atoms with Gasteiger partial charge in [-0.15, -0.1) is 0 Å². The summed E-state index contributed by atoms with van der Waals surface area (Å²) >= 11 is 0. The second kappa shape index (κ2) is 3.62. The number of aryl methyl sites for hydroxylation is 3. The SMILES string of the molecule is Cc1ncc2nc(C)n(CCN)c2c1C. The van der Waals surface area contributed by atoms with Crippen molar-refractivity contribution in [3.05, 3.63) is 23.3 Å². The lowest BCUT2D eigenvalue weighted by Gasteiger charge is -2.07. The monoisotopic (exact) mass is 204 g/mol. The van der Waals surface area contributed by atoms with Crippen LogP contribution < -0.4 is 5.73 Å². The van der Waals surface area contributed by atoms with Crippen LogP contribution in [0.4, 0.5) is 0 Å². The van der Waals surface area contributed by atoms with Crippen molar-refractivity contribution in [1.29, 1.82) is 0 Å². The molecule has 0 atom stereocenters. The van der Waals surface area contributed by atoms with Crippen molar-refractivity contribution >= 4 is 11.0 Å². The molecule has 2 heterocycles. The summed E-state index contributed by atoms with van der Waals surface area (Å²) in [5, 5.41) is 0. The molecule has 0 aliphatic heterocycles. The summed E-state index contributed by atoms with van der Waals surface area (Å²) in [4.78, 5) is 8.79. The van der Waals surface area contributed by atoms with Crippen LogP contribution in [0.1, 0.15) is 17.1 Å². The van der Waals surface area contributed by atoms with Gasteiger partial charge in [0.2, 0.25) is 0 Å². The van der Waals surface area contributed by atoms with E-state index < -0.39 is 0 Å². The number of rotatable bonds is 2. The molecule has 2 aromatic rings. The third-order valence-corrected chi connectivity index (χ3v) is 2.82. The summed E-state index contributed by atoms with van der Waals surface area (Å²) in [7, 11) is 0. The molecule has 0 aromatic carbocycles. The van der Waals surface area contributed by atoms with Crippen LogP contribution in [0.15, 0.2) is 6.20 Å². The molecule has 0 spiro atoms. The van der Waals surface area contributed by atoms with E-state index in [0.29, 0.717) is 6.54 Å². The molecule has 0 unspecified atom stereocenters. The molecular formula is C11H16N4. The number of nitrogens with zero attached hydrogens (tertiary/aromatic N) is 3. The average molecular weight is 204 g/mol. The summed E-state index contributed by atoms with van der Waals surface area (Å²) in [6.45, 7) is 7.55. The second-order valence-corrected chi connectivity index (χ2v) is 3.80. The lowest BCUT2D eigenvalue weighted by atomic mass is 10.2. The maximum atomic E-state index is 5.60. The van der Waals surface area contributed by atoms with Gasteiger partial charge in [-0.3, -0.25) is 4.98 Å². The number of hydrogen-bond acceptors (Lipinski definition) is 3. The Hall–Kier alpha value is -1.42. The topological polar surface area (TPSA) is 56.7 Å². The highest BCUT2D eigenvalue weighted by Crippen LogP contribution is 2.20. The fraction of sp³-hybridized carbons (Fsp3) is 0.455. The summed E-state index contributed by atoms with van der Waals surface area (Å²) < 4.78 is 2.17. The van der Waals surface area contributed by atoms with Crippen molar-refractivity contribution in [3.8, 4) is 0 Å². The molecule has 0 fully saturated rings. The summed E-state index contributed by atoms with van der Waals surface area (Å²) in [6.07, 6.45) is 1.83. The minimum atomic E-state index is 0.632. The van der Waals surface area contributed by atoms with Gasteiger partial charge in [0.1, 0.15) is 11.3 Å². The largest absolute Gasteiger partial charge is 0.329 e. The van der Waals surface area contributed by atoms with Crippen molar-refractivity contribution in [2.75, 3.05) is 6.54 Å². The Kier molecular flexibility index (Phi) is 2.44. The van der Waals surface area contributed by atoms with E-state index in [9.17, 15) is 0 Å². The maximum Gasteiger partial charge on any atom is 0.107 e. The fourth-order valence-electron chi connectivity index (χ4n) is 1.90. The van der Waals surface area contributed by atoms with Gasteiger partial charge < -0.3 is 10.3 Å². The van der Waals surface area contributed by atoms with E-state index in [0.717, 1.165) is 23.6 Å². The number of imidazole rings is 1. The van der Waals surface area contributed by atoms with Gasteiger partial charge >= 0.3 is 0 Å². The van der Waals surface area contributed by atoms with Crippen molar-refractivity contribution < 1.29 is 0 Å². The molecule has 0 aliphatic rings. The lowest BCUT2D eigenvalue weighted by molar-refractivity contribution is 0.702. The van der Waals surface area contributed by atoms with Gasteiger partial charge in [-0.1, -0.05) is 0 Å². The van der Waals surface area contributed by atoms with E-state index in [2.05, 4.69) is 21.5 Å². The molecule has 2 N–H and O–H groups in total. The molecule has 0 radical (unpaired) electrons. The highest BCUT2D eigenvalue weighted by atomic mass is 15.1. The Morgan fingerprint density at radius 3 is 2.73 bits per heavy atom. The van der Waals surface area contributed by atoms with Gasteiger partial charge in [-0.25, -0.2) is 4.98 Å². The molecule has 0 bridgehead atoms. The average Bonchev–Trinajstić information content (AvgIpc) is 2.51. The molecule has 2 rings (SSSR count). The molecular weight excluding hydrogens is 188 g/mol. The Balaban J connectivity index is 2.77. The van der Waals surface area contributed by atoms with Crippen LogP contribution in [0, 0.1) is 20.8 Å². The zero-order valence-electron chi connectivity index (χ0n) is 9.41. The first-order valence-corrected chi connectivity index (χ1v) is 5.14. The van der Waals surface area contributed by atoms with Crippen molar-refractivity contribution in [1.82, 2.24) is 14.5 Å². The zero-order valence-corrected chi connectivity index (χ0v) is 9.41. The third kappa shape index (κ3) is 1.51. The van der Waals surface area contributed by atoms with Crippen LogP contribution in [0.25, 0.3) is 11.0 Å². The summed E-state index contributed by atoms with van der Waals surface area (Å²) in [5.41, 5.74) is 9.99. The Bertz CT molecular complexity index is 499. The van der Waals surface area contributed by atoms with E-state index in [-0.39, 0.29) is 0 Å². The second-order valence-electron chi connectivity index (χ2n) is 3.80. The highest BCUT2D eigenvalue weighted by molar-refractivity contribution is 5.79. The maximum absolute atomic E-state index is 5.60. The van der Waals surface area contributed by atoms with E-state index >= 15 is 0 Å². The quantitative estimate of drug-likeness (QED) is 0.802. The molecule has 4 nitrogen and oxygen atoms in total. The van der Waals surface area contributed by atoms with Crippen molar-refractivity contribution in [2.24, 2.45) is 5.73 Å². The fourth-order valence-corrected chi connectivity index (χ4v) is 1.90. The Morgan fingerprint density at radius 1 is 1.33 bits per heavy atom. The number of aromatic nitrogens is 3. The van der Waals surface area contributed by atoms with E-state index in [4.69, 9.17) is 5.73 Å². The normalized spacial score (nSPS) is 11.2. The Morgan fingerprint density at radius 2 is 2.07 bits per heavy atom. The van der Waals surface area contributed by atoms with E-state index in [1.54, 1.807) is 0 Å². The number of pyridine rings is 1. The standard InChI is InChI=1S/C11H16N4/c1-7-8(2)13-6-10-11(7)15(5-4-12)9(3)14-10/h6H,4-5,12H2,1-3H3. The van der Waals surface area contributed by atoms with Crippen molar-refractivity contribution in [2.45, 2.75) is 27.3 Å². The first-order chi connectivity index (χ1) is 7.15. The van der Waals surface area contributed by atoms with Crippen LogP contribution in [0.3, 0.4) is 0 Å². The highest BCUT2D eigenvalue weighted by Gasteiger charge is 2.10. The summed E-state index contributed by atoms with van der Waals surface area (Å²) in [5.74, 6) is 1.01. The van der Waals surface area contributed by atoms with Crippen LogP contribution in [-0.2, 0) is 6.54 Å². The molecule has 0 amide bonds. The summed E-state index contributed by atoms with van der Waals surface area (Å²) in [6, 6.07) is 0. The minimum Gasteiger partial charge on any atom is -0.329 e. The van der Waals surface area contributed by atoms with Gasteiger partial charge in [0.05, 0.1) is 11.7 Å². The molecule has 80 valence electrons. The minimum absolute atomic E-state index is 0.632. The number of fused-ring (bicyclic) bond motifs is 1. The molecule has 0 saturated carbocycles. The van der Waals surface area contributed by atoms with Crippen LogP contribution >= 0.6 is 0 Å². The van der Waals surface area contributed by atoms with Crippen LogP contribution in [0.2, 0.25) is 0 Å². The molecule has 15 heavy (non-hydrogen) atoms. The first kappa shape index (κ1) is 10.1. The molecule has 0 aliphatic carbocycles. The van der Waals surface area contributed by atoms with Gasteiger partial charge in [0.15, 0.2) is 0 Å². The van der Waals surface area contributed by atoms with E-state index in [1.165, 1.54) is 11.1 Å². The lowest BCUT2D eigenvalue weighted by Crippen LogP contribution is -2.11. The molecule has 4 heteroatoms. The number of nitrogens with two attached hydrogens (primary N) is 1. The zero-order chi connectivity index (χ0) is 11.0. The smallest absolute Gasteiger partial charge is 0.107 e. The Labute approximate surface area is 89.1 Å². The predicted molar refractivity (Wildman–Crippen MR) is 60.8 cm³/mol. The number of hydrogen-bond donors (Lipinski definition) is 1. The molecule has 0 saturated heterocycles.